The van der Waals surface area contributed by atoms with Crippen molar-refractivity contribution in [3.05, 3.63) is 12.2 Å². The molecule has 0 bridgehead atoms. The average Bonchev–Trinajstić information content (AvgIpc) is 2.22. The fourth-order valence-corrected chi connectivity index (χ4v) is 4.94. The van der Waals surface area contributed by atoms with Crippen molar-refractivity contribution in [2.45, 2.75) is 59.3 Å². The summed E-state index contributed by atoms with van der Waals surface area (Å²) < 4.78 is 0. The standard InChI is InChI=1S/C16H28O/c1-12-6-7-14-15(2,3)9-5-10-16(14,4)13(12)8-11-17/h13-14,17H,1,5-11H2,2-4H3/t13-,14-,16+/m0/s1. The summed E-state index contributed by atoms with van der Waals surface area (Å²) in [6, 6.07) is 0. The minimum absolute atomic E-state index is 0.312. The van der Waals surface area contributed by atoms with Gasteiger partial charge in [0.2, 0.25) is 0 Å². The van der Waals surface area contributed by atoms with Crippen molar-refractivity contribution in [1.82, 2.24) is 0 Å². The first-order valence-corrected chi connectivity index (χ1v) is 7.20. The van der Waals surface area contributed by atoms with Gasteiger partial charge in [0.15, 0.2) is 0 Å². The molecule has 2 aliphatic rings. The van der Waals surface area contributed by atoms with E-state index in [1.54, 1.807) is 0 Å². The largest absolute Gasteiger partial charge is 0.396 e. The van der Waals surface area contributed by atoms with E-state index in [0.29, 0.717) is 23.4 Å². The van der Waals surface area contributed by atoms with Crippen molar-refractivity contribution in [3.63, 3.8) is 0 Å². The summed E-state index contributed by atoms with van der Waals surface area (Å²) in [7, 11) is 0. The lowest BCUT2D eigenvalue weighted by Gasteiger charge is -2.58. The number of aliphatic hydroxyl groups excluding tert-OH is 1. The Morgan fingerprint density at radius 2 is 2.00 bits per heavy atom. The Bertz CT molecular complexity index is 305. The van der Waals surface area contributed by atoms with Gasteiger partial charge in [-0.25, -0.2) is 0 Å². The van der Waals surface area contributed by atoms with Crippen LogP contribution in [0.4, 0.5) is 0 Å². The minimum atomic E-state index is 0.312. The summed E-state index contributed by atoms with van der Waals surface area (Å²) in [5.41, 5.74) is 2.26. The van der Waals surface area contributed by atoms with Gasteiger partial charge in [-0.3, -0.25) is 0 Å². The number of aliphatic hydroxyl groups is 1. The van der Waals surface area contributed by atoms with Crippen LogP contribution in [0.5, 0.6) is 0 Å². The Labute approximate surface area is 106 Å². The summed E-state index contributed by atoms with van der Waals surface area (Å²) in [5, 5.41) is 9.33. The predicted octanol–water partition coefficient (Wildman–Crippen LogP) is 4.17. The van der Waals surface area contributed by atoms with Crippen LogP contribution >= 0.6 is 0 Å². The third kappa shape index (κ3) is 2.07. The molecule has 2 rings (SSSR count). The highest BCUT2D eigenvalue weighted by Crippen LogP contribution is 2.61. The van der Waals surface area contributed by atoms with Gasteiger partial charge in [-0.05, 0) is 54.8 Å². The van der Waals surface area contributed by atoms with E-state index in [-0.39, 0.29) is 0 Å². The maximum atomic E-state index is 9.33. The lowest BCUT2D eigenvalue weighted by Crippen LogP contribution is -2.49. The molecule has 0 spiro atoms. The molecule has 98 valence electrons. The molecule has 0 heterocycles. The second-order valence-electron chi connectivity index (χ2n) is 7.16. The number of hydrogen-bond acceptors (Lipinski definition) is 1. The molecule has 2 aliphatic carbocycles. The first kappa shape index (κ1) is 13.1. The predicted molar refractivity (Wildman–Crippen MR) is 72.8 cm³/mol. The van der Waals surface area contributed by atoms with Crippen molar-refractivity contribution < 1.29 is 5.11 Å². The van der Waals surface area contributed by atoms with Crippen molar-refractivity contribution in [2.24, 2.45) is 22.7 Å². The van der Waals surface area contributed by atoms with E-state index in [2.05, 4.69) is 27.4 Å². The molecule has 2 fully saturated rings. The Balaban J connectivity index is 2.31. The smallest absolute Gasteiger partial charge is 0.0436 e. The van der Waals surface area contributed by atoms with Gasteiger partial charge >= 0.3 is 0 Å². The minimum Gasteiger partial charge on any atom is -0.396 e. The van der Waals surface area contributed by atoms with Gasteiger partial charge in [-0.1, -0.05) is 39.3 Å². The van der Waals surface area contributed by atoms with Crippen molar-refractivity contribution in [1.29, 1.82) is 0 Å². The fourth-order valence-electron chi connectivity index (χ4n) is 4.94. The highest BCUT2D eigenvalue weighted by Gasteiger charge is 2.52. The van der Waals surface area contributed by atoms with Crippen LogP contribution in [0.15, 0.2) is 12.2 Å². The van der Waals surface area contributed by atoms with Gasteiger partial charge in [-0.2, -0.15) is 0 Å². The van der Waals surface area contributed by atoms with Crippen LogP contribution in [0.3, 0.4) is 0 Å². The third-order valence-corrected chi connectivity index (χ3v) is 5.74. The number of allylic oxidation sites excluding steroid dienone is 1. The average molecular weight is 236 g/mol. The van der Waals surface area contributed by atoms with E-state index >= 15 is 0 Å². The van der Waals surface area contributed by atoms with Gasteiger partial charge in [0.05, 0.1) is 0 Å². The molecule has 1 nitrogen and oxygen atoms in total. The van der Waals surface area contributed by atoms with Crippen molar-refractivity contribution in [3.8, 4) is 0 Å². The zero-order valence-electron chi connectivity index (χ0n) is 11.8. The zero-order valence-corrected chi connectivity index (χ0v) is 11.8. The second kappa shape index (κ2) is 4.42. The molecule has 1 heteroatoms. The molecule has 2 saturated carbocycles. The molecular weight excluding hydrogens is 208 g/mol. The fraction of sp³-hybridized carbons (Fsp3) is 0.875. The van der Waals surface area contributed by atoms with Crippen LogP contribution in [-0.2, 0) is 0 Å². The van der Waals surface area contributed by atoms with Crippen LogP contribution in [0, 0.1) is 22.7 Å². The highest BCUT2D eigenvalue weighted by molar-refractivity contribution is 5.15. The zero-order chi connectivity index (χ0) is 12.7. The maximum absolute atomic E-state index is 9.33. The van der Waals surface area contributed by atoms with E-state index in [1.807, 2.05) is 0 Å². The van der Waals surface area contributed by atoms with Gasteiger partial charge in [0.1, 0.15) is 0 Å². The summed E-state index contributed by atoms with van der Waals surface area (Å²) in [4.78, 5) is 0. The van der Waals surface area contributed by atoms with Gasteiger partial charge in [0, 0.05) is 6.61 Å². The molecule has 17 heavy (non-hydrogen) atoms. The molecule has 0 aromatic carbocycles. The van der Waals surface area contributed by atoms with E-state index in [9.17, 15) is 5.11 Å². The van der Waals surface area contributed by atoms with Crippen LogP contribution in [0.1, 0.15) is 59.3 Å². The number of fused-ring (bicyclic) bond motifs is 1. The Morgan fingerprint density at radius 3 is 2.65 bits per heavy atom. The summed E-state index contributed by atoms with van der Waals surface area (Å²) in [5.74, 6) is 1.36. The number of hydrogen-bond donors (Lipinski definition) is 1. The van der Waals surface area contributed by atoms with Crippen LogP contribution in [0.25, 0.3) is 0 Å². The maximum Gasteiger partial charge on any atom is 0.0436 e. The lowest BCUT2D eigenvalue weighted by molar-refractivity contribution is -0.0571. The first-order chi connectivity index (χ1) is 7.92. The van der Waals surface area contributed by atoms with Gasteiger partial charge in [0.25, 0.3) is 0 Å². The van der Waals surface area contributed by atoms with E-state index in [4.69, 9.17) is 0 Å². The summed E-state index contributed by atoms with van der Waals surface area (Å²) in [6.45, 7) is 11.9. The molecule has 3 atom stereocenters. The van der Waals surface area contributed by atoms with Crippen molar-refractivity contribution >= 4 is 0 Å². The van der Waals surface area contributed by atoms with Crippen LogP contribution in [-0.4, -0.2) is 11.7 Å². The Kier molecular flexibility index (Phi) is 3.42. The normalized spacial score (nSPS) is 41.1. The first-order valence-electron chi connectivity index (χ1n) is 7.20. The van der Waals surface area contributed by atoms with E-state index < -0.39 is 0 Å². The third-order valence-electron chi connectivity index (χ3n) is 5.74. The summed E-state index contributed by atoms with van der Waals surface area (Å²) in [6.07, 6.45) is 7.44. The monoisotopic (exact) mass is 236 g/mol. The number of rotatable bonds is 2. The molecule has 0 amide bonds. The van der Waals surface area contributed by atoms with Crippen molar-refractivity contribution in [2.75, 3.05) is 6.61 Å². The Morgan fingerprint density at radius 1 is 1.29 bits per heavy atom. The summed E-state index contributed by atoms with van der Waals surface area (Å²) >= 11 is 0. The Hall–Kier alpha value is -0.300. The van der Waals surface area contributed by atoms with Gasteiger partial charge in [-0.15, -0.1) is 0 Å². The molecule has 1 N–H and O–H groups in total. The quantitative estimate of drug-likeness (QED) is 0.714. The topological polar surface area (TPSA) is 20.2 Å². The molecule has 0 radical (unpaired) electrons. The van der Waals surface area contributed by atoms with Crippen LogP contribution < -0.4 is 0 Å². The van der Waals surface area contributed by atoms with E-state index in [1.165, 1.54) is 37.7 Å². The molecule has 0 unspecified atom stereocenters. The lowest BCUT2D eigenvalue weighted by atomic mass is 9.47. The molecule has 0 saturated heterocycles. The highest BCUT2D eigenvalue weighted by atomic mass is 16.3. The van der Waals surface area contributed by atoms with Crippen LogP contribution in [0.2, 0.25) is 0 Å². The second-order valence-corrected chi connectivity index (χ2v) is 7.16. The van der Waals surface area contributed by atoms with Gasteiger partial charge < -0.3 is 5.11 Å². The SMILES string of the molecule is C=C1CC[C@H]2C(C)(C)CCC[C@]2(C)[C@H]1CCO. The molecular formula is C16H28O. The molecule has 0 aromatic heterocycles. The van der Waals surface area contributed by atoms with E-state index in [0.717, 1.165) is 12.3 Å². The molecule has 0 aliphatic heterocycles. The molecule has 0 aromatic rings.